The molecule has 5 nitrogen and oxygen atoms in total. The number of amides is 1. The van der Waals surface area contributed by atoms with Crippen LogP contribution < -0.4 is 0 Å². The maximum absolute atomic E-state index is 12.4. The molecule has 0 bridgehead atoms. The monoisotopic (exact) mass is 373 g/mol. The molecule has 1 rings (SSSR count). The van der Waals surface area contributed by atoms with Gasteiger partial charge in [-0.05, 0) is 30.2 Å². The number of carbonyl (C=O) groups excluding carboxylic acids is 2. The zero-order valence-corrected chi connectivity index (χ0v) is 15.3. The van der Waals surface area contributed by atoms with E-state index in [4.69, 9.17) is 27.9 Å². The van der Waals surface area contributed by atoms with Crippen LogP contribution in [0, 0.1) is 0 Å². The Balaban J connectivity index is 2.73. The van der Waals surface area contributed by atoms with E-state index in [0.29, 0.717) is 35.2 Å². The van der Waals surface area contributed by atoms with Crippen LogP contribution in [0.2, 0.25) is 10.0 Å². The van der Waals surface area contributed by atoms with Crippen LogP contribution >= 0.6 is 23.2 Å². The second-order valence-electron chi connectivity index (χ2n) is 5.00. The Hall–Kier alpha value is -1.56. The lowest BCUT2D eigenvalue weighted by atomic mass is 10.2. The van der Waals surface area contributed by atoms with Crippen molar-refractivity contribution in [2.24, 2.45) is 0 Å². The van der Waals surface area contributed by atoms with Crippen LogP contribution in [0.25, 0.3) is 6.08 Å². The van der Waals surface area contributed by atoms with Crippen LogP contribution in [0.1, 0.15) is 18.4 Å². The molecule has 1 aromatic rings. The second kappa shape index (κ2) is 11.1. The molecule has 0 radical (unpaired) electrons. The van der Waals surface area contributed by atoms with E-state index in [1.807, 2.05) is 0 Å². The molecule has 0 aliphatic carbocycles. The number of halogens is 2. The van der Waals surface area contributed by atoms with Crippen molar-refractivity contribution in [3.63, 3.8) is 0 Å². The number of esters is 1. The van der Waals surface area contributed by atoms with Crippen LogP contribution in [0.5, 0.6) is 0 Å². The summed E-state index contributed by atoms with van der Waals surface area (Å²) in [6.45, 7) is 1.31. The van der Waals surface area contributed by atoms with Gasteiger partial charge in [0, 0.05) is 42.9 Å². The highest BCUT2D eigenvalue weighted by atomic mass is 35.5. The normalized spacial score (nSPS) is 10.8. The van der Waals surface area contributed by atoms with Crippen molar-refractivity contribution in [3.8, 4) is 0 Å². The van der Waals surface area contributed by atoms with Crippen molar-refractivity contribution in [1.82, 2.24) is 4.90 Å². The van der Waals surface area contributed by atoms with E-state index in [9.17, 15) is 9.59 Å². The number of hydrogen-bond acceptors (Lipinski definition) is 4. The first-order valence-corrected chi connectivity index (χ1v) is 8.21. The van der Waals surface area contributed by atoms with Gasteiger partial charge in [-0.3, -0.25) is 9.59 Å². The number of rotatable bonds is 9. The lowest BCUT2D eigenvalue weighted by Gasteiger charge is -2.20. The number of ether oxygens (including phenoxy) is 2. The zero-order chi connectivity index (χ0) is 17.9. The standard InChI is InChI=1S/C17H21Cl2NO4/c1-23-11-3-9-20(10-8-17(22)24-2)16(21)7-5-13-4-6-14(18)12-15(13)19/h4-7,12H,3,8-11H2,1-2H3/b7-5+. The highest BCUT2D eigenvalue weighted by Gasteiger charge is 2.13. The smallest absolute Gasteiger partial charge is 0.307 e. The van der Waals surface area contributed by atoms with Crippen molar-refractivity contribution in [2.75, 3.05) is 33.9 Å². The van der Waals surface area contributed by atoms with E-state index in [0.717, 1.165) is 0 Å². The fourth-order valence-electron chi connectivity index (χ4n) is 1.96. The van der Waals surface area contributed by atoms with E-state index in [-0.39, 0.29) is 24.8 Å². The van der Waals surface area contributed by atoms with Gasteiger partial charge in [-0.15, -0.1) is 0 Å². The molecule has 0 saturated heterocycles. The Kier molecular flexibility index (Phi) is 9.45. The first kappa shape index (κ1) is 20.5. The summed E-state index contributed by atoms with van der Waals surface area (Å²) >= 11 is 11.9. The highest BCUT2D eigenvalue weighted by molar-refractivity contribution is 6.35. The average molecular weight is 374 g/mol. The van der Waals surface area contributed by atoms with Crippen LogP contribution in [-0.4, -0.2) is 50.7 Å². The minimum absolute atomic E-state index is 0.144. The van der Waals surface area contributed by atoms with E-state index >= 15 is 0 Å². The molecule has 0 atom stereocenters. The van der Waals surface area contributed by atoms with Gasteiger partial charge in [-0.1, -0.05) is 29.3 Å². The summed E-state index contributed by atoms with van der Waals surface area (Å²) in [5, 5.41) is 0.995. The minimum atomic E-state index is -0.357. The third-order valence-electron chi connectivity index (χ3n) is 3.27. The van der Waals surface area contributed by atoms with E-state index in [2.05, 4.69) is 4.74 Å². The zero-order valence-electron chi connectivity index (χ0n) is 13.8. The molecular weight excluding hydrogens is 353 g/mol. The molecule has 132 valence electrons. The van der Waals surface area contributed by atoms with Gasteiger partial charge < -0.3 is 14.4 Å². The number of carbonyl (C=O) groups is 2. The quantitative estimate of drug-likeness (QED) is 0.378. The summed E-state index contributed by atoms with van der Waals surface area (Å²) in [5.74, 6) is -0.565. The first-order valence-electron chi connectivity index (χ1n) is 7.45. The molecule has 0 unspecified atom stereocenters. The van der Waals surface area contributed by atoms with Crippen molar-refractivity contribution < 1.29 is 19.1 Å². The van der Waals surface area contributed by atoms with Crippen LogP contribution in [0.3, 0.4) is 0 Å². The Morgan fingerprint density at radius 1 is 1.21 bits per heavy atom. The molecule has 1 aromatic carbocycles. The van der Waals surface area contributed by atoms with Crippen molar-refractivity contribution in [2.45, 2.75) is 12.8 Å². The van der Waals surface area contributed by atoms with Crippen LogP contribution in [-0.2, 0) is 19.1 Å². The lowest BCUT2D eigenvalue weighted by Crippen LogP contribution is -2.33. The molecule has 0 saturated carbocycles. The summed E-state index contributed by atoms with van der Waals surface area (Å²) in [6.07, 6.45) is 3.88. The van der Waals surface area contributed by atoms with Gasteiger partial charge in [0.1, 0.15) is 0 Å². The molecule has 0 aromatic heterocycles. The maximum Gasteiger partial charge on any atom is 0.307 e. The van der Waals surface area contributed by atoms with Gasteiger partial charge in [0.2, 0.25) is 5.91 Å². The summed E-state index contributed by atoms with van der Waals surface area (Å²) in [6, 6.07) is 5.05. The fraction of sp³-hybridized carbons (Fsp3) is 0.412. The van der Waals surface area contributed by atoms with Gasteiger partial charge >= 0.3 is 5.97 Å². The molecule has 0 aliphatic heterocycles. The summed E-state index contributed by atoms with van der Waals surface area (Å²) < 4.78 is 9.61. The third-order valence-corrected chi connectivity index (χ3v) is 3.83. The topological polar surface area (TPSA) is 55.8 Å². The van der Waals surface area contributed by atoms with E-state index < -0.39 is 0 Å². The third kappa shape index (κ3) is 7.34. The van der Waals surface area contributed by atoms with Crippen molar-refractivity contribution >= 4 is 41.2 Å². The Bertz CT molecular complexity index is 590. The highest BCUT2D eigenvalue weighted by Crippen LogP contribution is 2.22. The molecule has 0 fully saturated rings. The lowest BCUT2D eigenvalue weighted by molar-refractivity contribution is -0.141. The fourth-order valence-corrected chi connectivity index (χ4v) is 2.43. The molecule has 0 spiro atoms. The summed E-state index contributed by atoms with van der Waals surface area (Å²) in [7, 11) is 2.92. The predicted molar refractivity (Wildman–Crippen MR) is 95.2 cm³/mol. The second-order valence-corrected chi connectivity index (χ2v) is 5.84. The molecule has 7 heteroatoms. The molecule has 0 N–H and O–H groups in total. The minimum Gasteiger partial charge on any atom is -0.469 e. The summed E-state index contributed by atoms with van der Waals surface area (Å²) in [4.78, 5) is 25.2. The Morgan fingerprint density at radius 3 is 2.58 bits per heavy atom. The predicted octanol–water partition coefficient (Wildman–Crippen LogP) is 3.43. The largest absolute Gasteiger partial charge is 0.469 e. The van der Waals surface area contributed by atoms with Crippen molar-refractivity contribution in [3.05, 3.63) is 39.9 Å². The van der Waals surface area contributed by atoms with Crippen LogP contribution in [0.4, 0.5) is 0 Å². The molecule has 0 heterocycles. The average Bonchev–Trinajstić information content (AvgIpc) is 2.56. The SMILES string of the molecule is COCCCN(CCC(=O)OC)C(=O)/C=C/c1ccc(Cl)cc1Cl. The maximum atomic E-state index is 12.4. The summed E-state index contributed by atoms with van der Waals surface area (Å²) in [5.41, 5.74) is 0.694. The number of hydrogen-bond donors (Lipinski definition) is 0. The first-order chi connectivity index (χ1) is 11.5. The van der Waals surface area contributed by atoms with E-state index in [1.54, 1.807) is 36.3 Å². The van der Waals surface area contributed by atoms with Crippen molar-refractivity contribution in [1.29, 1.82) is 0 Å². The molecule has 0 aliphatic rings. The Labute approximate surface area is 152 Å². The molecule has 24 heavy (non-hydrogen) atoms. The van der Waals surface area contributed by atoms with Gasteiger partial charge in [-0.25, -0.2) is 0 Å². The van der Waals surface area contributed by atoms with Gasteiger partial charge in [0.05, 0.1) is 13.5 Å². The molecular formula is C17H21Cl2NO4. The number of methoxy groups -OCH3 is 2. The van der Waals surface area contributed by atoms with E-state index in [1.165, 1.54) is 13.2 Å². The van der Waals surface area contributed by atoms with Crippen LogP contribution in [0.15, 0.2) is 24.3 Å². The molecule has 1 amide bonds. The number of benzene rings is 1. The Morgan fingerprint density at radius 2 is 1.96 bits per heavy atom. The van der Waals surface area contributed by atoms with Gasteiger partial charge in [-0.2, -0.15) is 0 Å². The van der Waals surface area contributed by atoms with Gasteiger partial charge in [0.15, 0.2) is 0 Å². The number of nitrogens with zero attached hydrogens (tertiary/aromatic N) is 1. The van der Waals surface area contributed by atoms with Gasteiger partial charge in [0.25, 0.3) is 0 Å².